The predicted molar refractivity (Wildman–Crippen MR) is 155 cm³/mol. The second-order valence-corrected chi connectivity index (χ2v) is 9.85. The van der Waals surface area contributed by atoms with E-state index in [-0.39, 0.29) is 35.8 Å². The van der Waals surface area contributed by atoms with Crippen molar-refractivity contribution in [3.8, 4) is 23.0 Å². The van der Waals surface area contributed by atoms with Gasteiger partial charge in [-0.25, -0.2) is 9.29 Å². The quantitative estimate of drug-likeness (QED) is 0.170. The number of carbonyl (C=O) groups excluding carboxylic acids is 1. The Bertz CT molecular complexity index is 1360. The van der Waals surface area contributed by atoms with Crippen molar-refractivity contribution in [2.24, 2.45) is 0 Å². The molecule has 3 aromatic rings. The Morgan fingerprint density at radius 1 is 1.05 bits per heavy atom. The molecule has 0 saturated carbocycles. The first-order chi connectivity index (χ1) is 19.7. The van der Waals surface area contributed by atoms with Crippen LogP contribution in [0.4, 0.5) is 23.1 Å². The van der Waals surface area contributed by atoms with Crippen LogP contribution in [0, 0.1) is 0 Å². The molecule has 0 aliphatic carbocycles. The van der Waals surface area contributed by atoms with Crippen LogP contribution in [0.15, 0.2) is 36.5 Å². The van der Waals surface area contributed by atoms with Crippen molar-refractivity contribution in [2.45, 2.75) is 19.9 Å². The molecular weight excluding hydrogens is 576 g/mol. The number of hydrogen-bond donors (Lipinski definition) is 3. The van der Waals surface area contributed by atoms with Gasteiger partial charge < -0.3 is 39.5 Å². The van der Waals surface area contributed by atoms with Crippen molar-refractivity contribution in [2.75, 3.05) is 52.2 Å². The predicted octanol–water partition coefficient (Wildman–Crippen LogP) is 3.77. The molecule has 0 fully saturated rings. The molecule has 3 rings (SSSR count). The summed E-state index contributed by atoms with van der Waals surface area (Å²) in [7, 11) is 6.06. The van der Waals surface area contributed by atoms with E-state index < -0.39 is 11.3 Å². The number of carbonyl (C=O) groups is 1. The Balaban J connectivity index is 1.87. The second kappa shape index (κ2) is 15.2. The molecule has 0 aliphatic heterocycles. The molecular formula is C26H32ClN6O7S-. The van der Waals surface area contributed by atoms with Gasteiger partial charge in [-0.05, 0) is 30.2 Å². The molecule has 0 aliphatic rings. The van der Waals surface area contributed by atoms with E-state index in [0.717, 1.165) is 0 Å². The Hall–Kier alpha value is -3.85. The standard InChI is InChI=1S/C26H33ClN6O7S/c1-16(34)28-9-6-10-33(41(35)36)15-17-11-19(37-2)7-8-21(17)31-25-20(27)14-29-26(32-25)30-18-12-22(38-3)24(40-5)23(13-18)39-4/h7-8,11-14H,6,9-10,15H2,1-5H3,(H,28,34)(H,35,36)(H2,29,30,31,32)/p-1. The molecule has 0 saturated heterocycles. The number of anilines is 4. The maximum atomic E-state index is 12.0. The molecule has 41 heavy (non-hydrogen) atoms. The summed E-state index contributed by atoms with van der Waals surface area (Å²) >= 11 is 3.91. The van der Waals surface area contributed by atoms with Crippen LogP contribution >= 0.6 is 11.6 Å². The molecule has 0 radical (unpaired) electrons. The van der Waals surface area contributed by atoms with E-state index >= 15 is 0 Å². The van der Waals surface area contributed by atoms with E-state index in [1.165, 1.54) is 45.9 Å². The molecule has 1 atom stereocenters. The largest absolute Gasteiger partial charge is 0.760 e. The van der Waals surface area contributed by atoms with E-state index in [2.05, 4.69) is 25.9 Å². The van der Waals surface area contributed by atoms with Gasteiger partial charge in [0.2, 0.25) is 17.6 Å². The number of nitrogens with one attached hydrogen (secondary N) is 3. The van der Waals surface area contributed by atoms with Gasteiger partial charge in [0, 0.05) is 61.3 Å². The van der Waals surface area contributed by atoms with Gasteiger partial charge in [0.1, 0.15) is 10.8 Å². The van der Waals surface area contributed by atoms with Crippen LogP contribution in [0.1, 0.15) is 18.9 Å². The van der Waals surface area contributed by atoms with Crippen molar-refractivity contribution >= 4 is 51.9 Å². The lowest BCUT2D eigenvalue weighted by molar-refractivity contribution is -0.118. The van der Waals surface area contributed by atoms with Crippen molar-refractivity contribution in [3.05, 3.63) is 47.1 Å². The first-order valence-electron chi connectivity index (χ1n) is 12.3. The first kappa shape index (κ1) is 31.7. The third-order valence-electron chi connectivity index (χ3n) is 5.75. The van der Waals surface area contributed by atoms with E-state index in [1.807, 2.05) is 0 Å². The van der Waals surface area contributed by atoms with Crippen LogP contribution in [0.5, 0.6) is 23.0 Å². The summed E-state index contributed by atoms with van der Waals surface area (Å²) in [6.45, 7) is 1.99. The van der Waals surface area contributed by atoms with Gasteiger partial charge in [-0.15, -0.1) is 0 Å². The number of hydrogen-bond acceptors (Lipinski definition) is 11. The average molecular weight is 608 g/mol. The van der Waals surface area contributed by atoms with Crippen LogP contribution in [0.2, 0.25) is 5.02 Å². The van der Waals surface area contributed by atoms with Gasteiger partial charge in [0.15, 0.2) is 17.3 Å². The third-order valence-corrected chi connectivity index (χ3v) is 6.76. The SMILES string of the molecule is COc1ccc(Nc2nc(Nc3cc(OC)c(OC)c(OC)c3)ncc2Cl)c(CN(CCCNC(C)=O)S(=O)[O-])c1. The number of nitrogens with zero attached hydrogens (tertiary/aromatic N) is 3. The number of methoxy groups -OCH3 is 4. The molecule has 0 spiro atoms. The summed E-state index contributed by atoms with van der Waals surface area (Å²) in [6, 6.07) is 8.60. The van der Waals surface area contributed by atoms with Crippen molar-refractivity contribution in [1.82, 2.24) is 19.6 Å². The Labute approximate surface area is 245 Å². The molecule has 13 nitrogen and oxygen atoms in total. The Kier molecular flexibility index (Phi) is 11.8. The van der Waals surface area contributed by atoms with Gasteiger partial charge >= 0.3 is 0 Å². The van der Waals surface area contributed by atoms with Crippen LogP contribution in [0.3, 0.4) is 0 Å². The Morgan fingerprint density at radius 2 is 1.76 bits per heavy atom. The van der Waals surface area contributed by atoms with E-state index in [4.69, 9.17) is 30.5 Å². The van der Waals surface area contributed by atoms with Crippen LogP contribution < -0.4 is 34.9 Å². The molecule has 1 heterocycles. The van der Waals surface area contributed by atoms with Crippen molar-refractivity contribution in [3.63, 3.8) is 0 Å². The first-order valence-corrected chi connectivity index (χ1v) is 13.7. The lowest BCUT2D eigenvalue weighted by Crippen LogP contribution is -2.30. The summed E-state index contributed by atoms with van der Waals surface area (Å²) in [6.07, 6.45) is 1.87. The molecule has 15 heteroatoms. The molecule has 1 amide bonds. The zero-order chi connectivity index (χ0) is 29.9. The highest BCUT2D eigenvalue weighted by atomic mass is 35.5. The van der Waals surface area contributed by atoms with E-state index in [9.17, 15) is 13.6 Å². The van der Waals surface area contributed by atoms with Gasteiger partial charge in [-0.3, -0.25) is 9.00 Å². The van der Waals surface area contributed by atoms with E-state index in [1.54, 1.807) is 30.3 Å². The maximum Gasteiger partial charge on any atom is 0.229 e. The lowest BCUT2D eigenvalue weighted by atomic mass is 10.1. The van der Waals surface area contributed by atoms with Crippen LogP contribution in [0.25, 0.3) is 0 Å². The zero-order valence-corrected chi connectivity index (χ0v) is 24.9. The van der Waals surface area contributed by atoms with Crippen molar-refractivity contribution in [1.29, 1.82) is 0 Å². The fourth-order valence-corrected chi connectivity index (χ4v) is 4.45. The minimum absolute atomic E-state index is 0.0367. The second-order valence-electron chi connectivity index (χ2n) is 8.49. The number of amides is 1. The number of ether oxygens (including phenoxy) is 4. The topological polar surface area (TPSA) is 159 Å². The number of benzene rings is 2. The minimum atomic E-state index is -2.51. The van der Waals surface area contributed by atoms with Gasteiger partial charge in [0.25, 0.3) is 0 Å². The van der Waals surface area contributed by atoms with E-state index in [0.29, 0.717) is 52.9 Å². The highest BCUT2D eigenvalue weighted by molar-refractivity contribution is 7.76. The summed E-state index contributed by atoms with van der Waals surface area (Å²) < 4.78 is 46.7. The molecule has 2 aromatic carbocycles. The third kappa shape index (κ3) is 8.82. The molecule has 1 unspecified atom stereocenters. The fraction of sp³-hybridized carbons (Fsp3) is 0.346. The average Bonchev–Trinajstić information content (AvgIpc) is 2.96. The monoisotopic (exact) mass is 607 g/mol. The maximum absolute atomic E-state index is 12.0. The summed E-state index contributed by atoms with van der Waals surface area (Å²) in [5, 5.41) is 9.17. The summed E-state index contributed by atoms with van der Waals surface area (Å²) in [5.74, 6) is 2.20. The summed E-state index contributed by atoms with van der Waals surface area (Å²) in [5.41, 5.74) is 1.75. The number of halogens is 1. The lowest BCUT2D eigenvalue weighted by Gasteiger charge is -2.26. The molecule has 1 aromatic heterocycles. The number of rotatable bonds is 15. The van der Waals surface area contributed by atoms with Crippen molar-refractivity contribution < 1.29 is 32.5 Å². The zero-order valence-electron chi connectivity index (χ0n) is 23.3. The minimum Gasteiger partial charge on any atom is -0.760 e. The highest BCUT2D eigenvalue weighted by Crippen LogP contribution is 2.40. The van der Waals surface area contributed by atoms with Crippen LogP contribution in [-0.4, -0.2) is 70.5 Å². The van der Waals surface area contributed by atoms with Crippen LogP contribution in [-0.2, 0) is 22.6 Å². The Morgan fingerprint density at radius 3 is 2.34 bits per heavy atom. The summed E-state index contributed by atoms with van der Waals surface area (Å²) in [4.78, 5) is 19.9. The van der Waals surface area contributed by atoms with Gasteiger partial charge in [-0.1, -0.05) is 11.6 Å². The molecule has 222 valence electrons. The van der Waals surface area contributed by atoms with Gasteiger partial charge in [-0.2, -0.15) is 4.98 Å². The molecule has 0 bridgehead atoms. The smallest absolute Gasteiger partial charge is 0.229 e. The molecule has 3 N–H and O–H groups in total. The normalized spacial score (nSPS) is 11.5. The highest BCUT2D eigenvalue weighted by Gasteiger charge is 2.16. The van der Waals surface area contributed by atoms with Gasteiger partial charge in [0.05, 0.1) is 34.6 Å². The number of aromatic nitrogens is 2. The fourth-order valence-electron chi connectivity index (χ4n) is 3.79.